The van der Waals surface area contributed by atoms with Crippen LogP contribution in [0, 0.1) is 0 Å². The average molecular weight is 657 g/mol. The maximum absolute atomic E-state index is 7.18. The van der Waals surface area contributed by atoms with Gasteiger partial charge in [-0.25, -0.2) is 0 Å². The van der Waals surface area contributed by atoms with Crippen molar-refractivity contribution in [2.24, 2.45) is 5.73 Å². The molecule has 0 bridgehead atoms. The molecular weight excluding hydrogens is 566 g/mol. The second-order valence-corrected chi connectivity index (χ2v) is 15.3. The third kappa shape index (κ3) is 38.6. The molecule has 0 saturated heterocycles. The van der Waals surface area contributed by atoms with Crippen LogP contribution >= 0.6 is 12.4 Å². The van der Waals surface area contributed by atoms with E-state index < -0.39 is 0 Å². The van der Waals surface area contributed by atoms with E-state index in [4.69, 9.17) is 5.73 Å². The first-order valence-corrected chi connectivity index (χ1v) is 21.5. The van der Waals surface area contributed by atoms with Gasteiger partial charge in [0.05, 0.1) is 0 Å². The molecule has 45 heavy (non-hydrogen) atoms. The van der Waals surface area contributed by atoms with Crippen LogP contribution in [0.4, 0.5) is 0 Å². The summed E-state index contributed by atoms with van der Waals surface area (Å²) in [7, 11) is 0. The lowest BCUT2D eigenvalue weighted by molar-refractivity contribution is 0.302. The SMILES string of the molecule is CCCCCCCCCCCCCCCCC(N)(CCCCCCCCCCCC)CCCCCCCCCCCCCC.Cl. The molecule has 1 unspecified atom stereocenters. The third-order valence-corrected chi connectivity index (χ3v) is 10.6. The maximum Gasteiger partial charge on any atom is 0.0154 e. The first-order chi connectivity index (χ1) is 21.7. The summed E-state index contributed by atoms with van der Waals surface area (Å²) in [6, 6.07) is 0. The molecule has 1 nitrogen and oxygen atoms in total. The highest BCUT2D eigenvalue weighted by atomic mass is 35.5. The number of hydrogen-bond donors (Lipinski definition) is 1. The first kappa shape index (κ1) is 47.4. The first-order valence-electron chi connectivity index (χ1n) is 21.5. The van der Waals surface area contributed by atoms with E-state index in [-0.39, 0.29) is 17.9 Å². The minimum Gasteiger partial charge on any atom is -0.325 e. The van der Waals surface area contributed by atoms with Gasteiger partial charge >= 0.3 is 0 Å². The smallest absolute Gasteiger partial charge is 0.0154 e. The van der Waals surface area contributed by atoms with Crippen molar-refractivity contribution in [2.45, 2.75) is 277 Å². The van der Waals surface area contributed by atoms with Crippen LogP contribution in [0.2, 0.25) is 0 Å². The fourth-order valence-corrected chi connectivity index (χ4v) is 7.33. The third-order valence-electron chi connectivity index (χ3n) is 10.6. The second-order valence-electron chi connectivity index (χ2n) is 15.3. The zero-order chi connectivity index (χ0) is 32.1. The van der Waals surface area contributed by atoms with Gasteiger partial charge in [-0.2, -0.15) is 0 Å². The highest BCUT2D eigenvalue weighted by Gasteiger charge is 2.23. The van der Waals surface area contributed by atoms with Gasteiger partial charge in [0.25, 0.3) is 0 Å². The monoisotopic (exact) mass is 656 g/mol. The van der Waals surface area contributed by atoms with E-state index >= 15 is 0 Å². The van der Waals surface area contributed by atoms with E-state index in [1.165, 1.54) is 250 Å². The van der Waals surface area contributed by atoms with Crippen LogP contribution < -0.4 is 5.73 Å². The van der Waals surface area contributed by atoms with E-state index in [1.807, 2.05) is 0 Å². The van der Waals surface area contributed by atoms with Crippen molar-refractivity contribution in [2.75, 3.05) is 0 Å². The zero-order valence-electron chi connectivity index (χ0n) is 32.1. The molecule has 0 aliphatic heterocycles. The van der Waals surface area contributed by atoms with Gasteiger partial charge in [0.1, 0.15) is 0 Å². The maximum atomic E-state index is 7.18. The minimum absolute atomic E-state index is 0. The highest BCUT2D eigenvalue weighted by Crippen LogP contribution is 2.27. The van der Waals surface area contributed by atoms with Crippen LogP contribution in [-0.2, 0) is 0 Å². The van der Waals surface area contributed by atoms with Crippen LogP contribution in [-0.4, -0.2) is 5.54 Å². The standard InChI is InChI=1S/C43H89N.ClH/c1-4-7-10-13-16-19-22-24-25-27-30-33-36-39-42-43(44,40-37-34-31-28-21-18-15-12-9-6-3)41-38-35-32-29-26-23-20-17-14-11-8-5-2;/h4-42,44H2,1-3H3;1H. The van der Waals surface area contributed by atoms with Gasteiger partial charge in [0, 0.05) is 5.54 Å². The summed E-state index contributed by atoms with van der Waals surface area (Å²) in [4.78, 5) is 0. The van der Waals surface area contributed by atoms with Gasteiger partial charge in [0.2, 0.25) is 0 Å². The van der Waals surface area contributed by atoms with Crippen molar-refractivity contribution in [3.05, 3.63) is 0 Å². The molecule has 1 atom stereocenters. The molecule has 0 fully saturated rings. The van der Waals surface area contributed by atoms with Gasteiger partial charge < -0.3 is 5.73 Å². The Kier molecular flexibility index (Phi) is 42.6. The van der Waals surface area contributed by atoms with Gasteiger partial charge in [0.15, 0.2) is 0 Å². The lowest BCUT2D eigenvalue weighted by Crippen LogP contribution is -2.39. The molecular formula is C43H90ClN. The van der Waals surface area contributed by atoms with E-state index in [2.05, 4.69) is 20.8 Å². The Morgan fingerprint density at radius 2 is 0.378 bits per heavy atom. The molecule has 0 aliphatic carbocycles. The average Bonchev–Trinajstić information content (AvgIpc) is 3.02. The van der Waals surface area contributed by atoms with Crippen molar-refractivity contribution in [3.63, 3.8) is 0 Å². The Balaban J connectivity index is 0. The molecule has 0 aliphatic rings. The van der Waals surface area contributed by atoms with Gasteiger partial charge in [-0.15, -0.1) is 12.4 Å². The summed E-state index contributed by atoms with van der Waals surface area (Å²) >= 11 is 0. The molecule has 0 aromatic carbocycles. The van der Waals surface area contributed by atoms with Crippen molar-refractivity contribution in [3.8, 4) is 0 Å². The van der Waals surface area contributed by atoms with Crippen molar-refractivity contribution < 1.29 is 0 Å². The number of unbranched alkanes of at least 4 members (excludes halogenated alkanes) is 33. The van der Waals surface area contributed by atoms with Crippen LogP contribution in [0.3, 0.4) is 0 Å². The molecule has 0 heterocycles. The summed E-state index contributed by atoms with van der Waals surface area (Å²) in [5.41, 5.74) is 7.31. The van der Waals surface area contributed by atoms with E-state index in [9.17, 15) is 0 Å². The fourth-order valence-electron chi connectivity index (χ4n) is 7.33. The predicted octanol–water partition coefficient (Wildman–Crippen LogP) is 16.4. The van der Waals surface area contributed by atoms with Crippen LogP contribution in [0.15, 0.2) is 0 Å². The normalized spacial score (nSPS) is 12.8. The summed E-state index contributed by atoms with van der Waals surface area (Å²) < 4.78 is 0. The molecule has 2 heteroatoms. The number of hydrogen-bond acceptors (Lipinski definition) is 1. The quantitative estimate of drug-likeness (QED) is 0.0655. The number of halogens is 1. The molecule has 0 rings (SSSR count). The van der Waals surface area contributed by atoms with Crippen LogP contribution in [0.5, 0.6) is 0 Å². The molecule has 0 amide bonds. The Morgan fingerprint density at radius 1 is 0.244 bits per heavy atom. The largest absolute Gasteiger partial charge is 0.325 e. The number of rotatable bonds is 39. The molecule has 0 radical (unpaired) electrons. The van der Waals surface area contributed by atoms with Crippen LogP contribution in [0.25, 0.3) is 0 Å². The van der Waals surface area contributed by atoms with Gasteiger partial charge in [-0.3, -0.25) is 0 Å². The fraction of sp³-hybridized carbons (Fsp3) is 1.00. The molecule has 0 spiro atoms. The molecule has 0 saturated carbocycles. The summed E-state index contributed by atoms with van der Waals surface area (Å²) in [5.74, 6) is 0. The number of nitrogens with two attached hydrogens (primary N) is 1. The predicted molar refractivity (Wildman–Crippen MR) is 211 cm³/mol. The molecule has 2 N–H and O–H groups in total. The highest BCUT2D eigenvalue weighted by molar-refractivity contribution is 5.85. The Morgan fingerprint density at radius 3 is 0.533 bits per heavy atom. The summed E-state index contributed by atoms with van der Waals surface area (Å²) in [6.07, 6.45) is 55.5. The second kappa shape index (κ2) is 40.4. The van der Waals surface area contributed by atoms with Crippen molar-refractivity contribution >= 4 is 12.4 Å². The van der Waals surface area contributed by atoms with E-state index in [1.54, 1.807) is 0 Å². The Hall–Kier alpha value is 0.250. The zero-order valence-corrected chi connectivity index (χ0v) is 32.9. The topological polar surface area (TPSA) is 26.0 Å². The van der Waals surface area contributed by atoms with E-state index in [0.717, 1.165) is 0 Å². The van der Waals surface area contributed by atoms with E-state index in [0.29, 0.717) is 0 Å². The molecule has 0 aromatic rings. The lowest BCUT2D eigenvalue weighted by atomic mass is 9.82. The minimum atomic E-state index is 0. The van der Waals surface area contributed by atoms with Crippen molar-refractivity contribution in [1.82, 2.24) is 0 Å². The summed E-state index contributed by atoms with van der Waals surface area (Å²) in [6.45, 7) is 6.94. The lowest BCUT2D eigenvalue weighted by Gasteiger charge is -2.30. The van der Waals surface area contributed by atoms with Gasteiger partial charge in [-0.05, 0) is 19.3 Å². The Labute approximate surface area is 294 Å². The molecule has 274 valence electrons. The summed E-state index contributed by atoms with van der Waals surface area (Å²) in [5, 5.41) is 0. The Bertz CT molecular complexity index is 508. The molecule has 0 aromatic heterocycles. The van der Waals surface area contributed by atoms with Crippen LogP contribution in [0.1, 0.15) is 271 Å². The van der Waals surface area contributed by atoms with Crippen molar-refractivity contribution in [1.29, 1.82) is 0 Å². The van der Waals surface area contributed by atoms with Gasteiger partial charge in [-0.1, -0.05) is 252 Å².